The van der Waals surface area contributed by atoms with Crippen LogP contribution in [0.5, 0.6) is 5.75 Å². The molecule has 24 heavy (non-hydrogen) atoms. The minimum atomic E-state index is -0.825. The lowest BCUT2D eigenvalue weighted by Gasteiger charge is -2.07. The number of thioether (sulfide) groups is 1. The molecule has 0 bridgehead atoms. The van der Waals surface area contributed by atoms with Crippen molar-refractivity contribution in [2.75, 3.05) is 0 Å². The van der Waals surface area contributed by atoms with Crippen LogP contribution in [0.3, 0.4) is 0 Å². The van der Waals surface area contributed by atoms with E-state index in [9.17, 15) is 8.78 Å². The average molecular weight is 343 g/mol. The van der Waals surface area contributed by atoms with Crippen LogP contribution in [0.15, 0.2) is 71.8 Å². The van der Waals surface area contributed by atoms with Crippen LogP contribution >= 0.6 is 11.8 Å². The van der Waals surface area contributed by atoms with Gasteiger partial charge in [0.25, 0.3) is 0 Å². The number of pyridine rings is 1. The van der Waals surface area contributed by atoms with E-state index >= 15 is 0 Å². The lowest BCUT2D eigenvalue weighted by Crippen LogP contribution is -1.97. The zero-order chi connectivity index (χ0) is 16.8. The molecule has 0 unspecified atom stereocenters. The van der Waals surface area contributed by atoms with Crippen LogP contribution in [0.2, 0.25) is 0 Å². The third kappa shape index (κ3) is 4.55. The van der Waals surface area contributed by atoms with Gasteiger partial charge in [0.1, 0.15) is 12.4 Å². The van der Waals surface area contributed by atoms with E-state index in [0.717, 1.165) is 23.1 Å². The van der Waals surface area contributed by atoms with Crippen molar-refractivity contribution in [3.05, 3.63) is 89.8 Å². The number of aromatic nitrogens is 1. The quantitative estimate of drug-likeness (QED) is 0.572. The highest BCUT2D eigenvalue weighted by molar-refractivity contribution is 7.98. The van der Waals surface area contributed by atoms with E-state index in [1.54, 1.807) is 12.3 Å². The molecule has 0 radical (unpaired) electrons. The van der Waals surface area contributed by atoms with Gasteiger partial charge in [-0.25, -0.2) is 8.78 Å². The summed E-state index contributed by atoms with van der Waals surface area (Å²) in [4.78, 5) is 4.90. The van der Waals surface area contributed by atoms with Gasteiger partial charge in [0, 0.05) is 16.8 Å². The first-order valence-electron chi connectivity index (χ1n) is 7.40. The Kier molecular flexibility index (Phi) is 5.43. The normalized spacial score (nSPS) is 10.6. The van der Waals surface area contributed by atoms with Crippen LogP contribution < -0.4 is 4.74 Å². The molecule has 1 heterocycles. The smallest absolute Gasteiger partial charge is 0.159 e. The van der Waals surface area contributed by atoms with Crippen LogP contribution in [0, 0.1) is 11.6 Å². The molecule has 0 saturated heterocycles. The van der Waals surface area contributed by atoms with Gasteiger partial charge in [-0.1, -0.05) is 18.2 Å². The second-order valence-corrected chi connectivity index (χ2v) is 6.17. The Morgan fingerprint density at radius 1 is 0.917 bits per heavy atom. The average Bonchev–Trinajstić information content (AvgIpc) is 2.63. The van der Waals surface area contributed by atoms with Gasteiger partial charge in [0.15, 0.2) is 11.6 Å². The van der Waals surface area contributed by atoms with Crippen LogP contribution in [-0.2, 0) is 12.4 Å². The summed E-state index contributed by atoms with van der Waals surface area (Å²) in [5.74, 6) is -0.208. The third-order valence-corrected chi connectivity index (χ3v) is 4.40. The van der Waals surface area contributed by atoms with Crippen molar-refractivity contribution in [3.8, 4) is 5.75 Å². The third-order valence-electron chi connectivity index (χ3n) is 3.33. The molecular weight excluding hydrogens is 328 g/mol. The van der Waals surface area contributed by atoms with Gasteiger partial charge in [-0.3, -0.25) is 4.98 Å². The molecule has 0 spiro atoms. The van der Waals surface area contributed by atoms with Crippen molar-refractivity contribution in [1.82, 2.24) is 4.98 Å². The molecule has 0 aliphatic heterocycles. The number of hydrogen-bond donors (Lipinski definition) is 0. The second-order valence-electron chi connectivity index (χ2n) is 5.12. The molecular formula is C19H15F2NOS. The van der Waals surface area contributed by atoms with Gasteiger partial charge in [-0.05, 0) is 48.0 Å². The fraction of sp³-hybridized carbons (Fsp3) is 0.105. The lowest BCUT2D eigenvalue weighted by atomic mass is 10.2. The molecule has 3 aromatic rings. The summed E-state index contributed by atoms with van der Waals surface area (Å²) in [6, 6.07) is 17.3. The minimum Gasteiger partial charge on any atom is -0.487 e. The molecule has 5 heteroatoms. The Morgan fingerprint density at radius 3 is 2.46 bits per heavy atom. The molecule has 0 fully saturated rings. The Bertz CT molecular complexity index is 794. The highest BCUT2D eigenvalue weighted by atomic mass is 32.2. The summed E-state index contributed by atoms with van der Waals surface area (Å²) < 4.78 is 31.7. The van der Waals surface area contributed by atoms with Gasteiger partial charge in [0.05, 0.1) is 5.69 Å². The molecule has 0 amide bonds. The molecule has 0 saturated carbocycles. The van der Waals surface area contributed by atoms with Crippen molar-refractivity contribution < 1.29 is 13.5 Å². The van der Waals surface area contributed by atoms with Gasteiger partial charge < -0.3 is 4.74 Å². The molecule has 3 rings (SSSR count). The molecule has 0 aliphatic carbocycles. The van der Waals surface area contributed by atoms with Gasteiger partial charge in [-0.15, -0.1) is 11.8 Å². The fourth-order valence-corrected chi connectivity index (χ4v) is 2.93. The summed E-state index contributed by atoms with van der Waals surface area (Å²) >= 11 is 1.45. The highest BCUT2D eigenvalue weighted by Crippen LogP contribution is 2.25. The Balaban J connectivity index is 1.53. The summed E-state index contributed by atoms with van der Waals surface area (Å²) in [7, 11) is 0. The van der Waals surface area contributed by atoms with E-state index in [1.165, 1.54) is 17.8 Å². The van der Waals surface area contributed by atoms with E-state index in [0.29, 0.717) is 17.3 Å². The van der Waals surface area contributed by atoms with E-state index in [-0.39, 0.29) is 0 Å². The van der Waals surface area contributed by atoms with Crippen LogP contribution in [0.1, 0.15) is 11.3 Å². The monoisotopic (exact) mass is 343 g/mol. The van der Waals surface area contributed by atoms with E-state index in [2.05, 4.69) is 4.98 Å². The Labute approximate surface area is 143 Å². The van der Waals surface area contributed by atoms with Crippen LogP contribution in [0.25, 0.3) is 0 Å². The zero-order valence-electron chi connectivity index (χ0n) is 12.8. The second kappa shape index (κ2) is 7.93. The Hall–Kier alpha value is -2.40. The number of rotatable bonds is 6. The SMILES string of the molecule is Fc1ccc(SCc2ccc(OCc3ccccn3)cc2)cc1F. The molecule has 2 nitrogen and oxygen atoms in total. The number of hydrogen-bond acceptors (Lipinski definition) is 3. The Morgan fingerprint density at radius 2 is 1.75 bits per heavy atom. The summed E-state index contributed by atoms with van der Waals surface area (Å²) in [5.41, 5.74) is 1.95. The first kappa shape index (κ1) is 16.5. The molecule has 0 N–H and O–H groups in total. The highest BCUT2D eigenvalue weighted by Gasteiger charge is 2.04. The predicted octanol–water partition coefficient (Wildman–Crippen LogP) is 5.23. The molecule has 0 atom stereocenters. The number of nitrogens with zero attached hydrogens (tertiary/aromatic N) is 1. The molecule has 0 aliphatic rings. The first-order valence-corrected chi connectivity index (χ1v) is 8.39. The van der Waals surface area contributed by atoms with Crippen LogP contribution in [-0.4, -0.2) is 4.98 Å². The summed E-state index contributed by atoms with van der Waals surface area (Å²) in [5, 5.41) is 0. The maximum absolute atomic E-state index is 13.2. The summed E-state index contributed by atoms with van der Waals surface area (Å²) in [6.45, 7) is 0.420. The van der Waals surface area contributed by atoms with E-state index in [1.807, 2.05) is 42.5 Å². The number of ether oxygens (including phenoxy) is 1. The number of benzene rings is 2. The molecule has 1 aromatic heterocycles. The van der Waals surface area contributed by atoms with Crippen molar-refractivity contribution >= 4 is 11.8 Å². The van der Waals surface area contributed by atoms with Gasteiger partial charge in [0.2, 0.25) is 0 Å². The van der Waals surface area contributed by atoms with E-state index < -0.39 is 11.6 Å². The maximum atomic E-state index is 13.2. The minimum absolute atomic E-state index is 0.420. The van der Waals surface area contributed by atoms with E-state index in [4.69, 9.17) is 4.74 Å². The van der Waals surface area contributed by atoms with Crippen molar-refractivity contribution in [3.63, 3.8) is 0 Å². The zero-order valence-corrected chi connectivity index (χ0v) is 13.6. The molecule has 122 valence electrons. The standard InChI is InChI=1S/C19H15F2NOS/c20-18-9-8-17(11-19(18)21)24-13-14-4-6-16(7-5-14)23-12-15-3-1-2-10-22-15/h1-11H,12-13H2. The predicted molar refractivity (Wildman–Crippen MR) is 90.9 cm³/mol. The first-order chi connectivity index (χ1) is 11.7. The largest absolute Gasteiger partial charge is 0.487 e. The fourth-order valence-electron chi connectivity index (χ4n) is 2.06. The topological polar surface area (TPSA) is 22.1 Å². The van der Waals surface area contributed by atoms with Crippen molar-refractivity contribution in [1.29, 1.82) is 0 Å². The van der Waals surface area contributed by atoms with Crippen molar-refractivity contribution in [2.45, 2.75) is 17.3 Å². The van der Waals surface area contributed by atoms with Crippen molar-refractivity contribution in [2.24, 2.45) is 0 Å². The maximum Gasteiger partial charge on any atom is 0.159 e. The van der Waals surface area contributed by atoms with Crippen LogP contribution in [0.4, 0.5) is 8.78 Å². The molecule has 2 aromatic carbocycles. The number of halogens is 2. The lowest BCUT2D eigenvalue weighted by molar-refractivity contribution is 0.301. The summed E-state index contributed by atoms with van der Waals surface area (Å²) in [6.07, 6.45) is 1.73. The van der Waals surface area contributed by atoms with Gasteiger partial charge >= 0.3 is 0 Å². The van der Waals surface area contributed by atoms with Gasteiger partial charge in [-0.2, -0.15) is 0 Å².